The number of carbonyl (C=O) groups is 2. The highest BCUT2D eigenvalue weighted by atomic mass is 35.5. The largest absolute Gasteiger partial charge is 0.443 e. The quantitative estimate of drug-likeness (QED) is 0.636. The molecule has 2 heterocycles. The lowest BCUT2D eigenvalue weighted by Gasteiger charge is -2.13. The highest BCUT2D eigenvalue weighted by Gasteiger charge is 2.24. The first-order valence-corrected chi connectivity index (χ1v) is 9.77. The summed E-state index contributed by atoms with van der Waals surface area (Å²) < 4.78 is 5.35. The molecule has 1 amide bonds. The Morgan fingerprint density at radius 3 is 2.62 bits per heavy atom. The summed E-state index contributed by atoms with van der Waals surface area (Å²) in [5.41, 5.74) is 2.39. The SMILES string of the molecule is O=C(OC1C=c2c(Cl)cccc2=NC1=O)c1cc(CCc2ccc(Cl)cc2)c[nH]1. The minimum atomic E-state index is -1.10. The molecule has 1 atom stereocenters. The van der Waals surface area contributed by atoms with Gasteiger partial charge < -0.3 is 9.72 Å². The van der Waals surface area contributed by atoms with E-state index in [1.165, 1.54) is 6.08 Å². The summed E-state index contributed by atoms with van der Waals surface area (Å²) in [6.07, 6.45) is 3.74. The summed E-state index contributed by atoms with van der Waals surface area (Å²) in [5.74, 6) is -1.16. The first-order valence-electron chi connectivity index (χ1n) is 9.01. The predicted octanol–water partition coefficient (Wildman–Crippen LogP) is 3.27. The molecule has 7 heteroatoms. The smallest absolute Gasteiger partial charge is 0.355 e. The minimum Gasteiger partial charge on any atom is -0.443 e. The van der Waals surface area contributed by atoms with Gasteiger partial charge in [0, 0.05) is 21.5 Å². The first kappa shape index (κ1) is 19.4. The summed E-state index contributed by atoms with van der Waals surface area (Å²) >= 11 is 12.0. The number of hydrogen-bond donors (Lipinski definition) is 1. The monoisotopic (exact) mass is 426 g/mol. The third-order valence-corrected chi connectivity index (χ3v) is 5.22. The second kappa shape index (κ2) is 8.23. The Balaban J connectivity index is 1.43. The van der Waals surface area contributed by atoms with E-state index in [2.05, 4.69) is 9.98 Å². The van der Waals surface area contributed by atoms with Crippen molar-refractivity contribution >= 4 is 41.2 Å². The zero-order chi connectivity index (χ0) is 20.4. The summed E-state index contributed by atoms with van der Waals surface area (Å²) in [4.78, 5) is 31.5. The maximum absolute atomic E-state index is 12.5. The number of ether oxygens (including phenoxy) is 1. The number of hydrogen-bond acceptors (Lipinski definition) is 3. The van der Waals surface area contributed by atoms with Crippen LogP contribution in [0.5, 0.6) is 0 Å². The molecule has 1 unspecified atom stereocenters. The number of carbonyl (C=O) groups excluding carboxylic acids is 2. The van der Waals surface area contributed by atoms with Crippen LogP contribution in [-0.2, 0) is 22.4 Å². The van der Waals surface area contributed by atoms with Crippen LogP contribution in [0.4, 0.5) is 0 Å². The van der Waals surface area contributed by atoms with Crippen LogP contribution >= 0.6 is 23.2 Å². The Morgan fingerprint density at radius 1 is 1.07 bits per heavy atom. The van der Waals surface area contributed by atoms with Gasteiger partial charge in [-0.15, -0.1) is 0 Å². The van der Waals surface area contributed by atoms with E-state index in [4.69, 9.17) is 27.9 Å². The maximum Gasteiger partial charge on any atom is 0.355 e. The fraction of sp³-hybridized carbons (Fsp3) is 0.136. The molecule has 0 spiro atoms. The second-order valence-corrected chi connectivity index (χ2v) is 7.51. The molecule has 0 bridgehead atoms. The number of nitrogens with one attached hydrogen (secondary N) is 1. The van der Waals surface area contributed by atoms with E-state index in [1.807, 2.05) is 24.3 Å². The molecule has 0 radical (unpaired) electrons. The van der Waals surface area contributed by atoms with Crippen LogP contribution in [0, 0.1) is 0 Å². The fourth-order valence-electron chi connectivity index (χ4n) is 3.10. The van der Waals surface area contributed by atoms with Crippen molar-refractivity contribution in [1.82, 2.24) is 4.98 Å². The van der Waals surface area contributed by atoms with Crippen LogP contribution in [-0.4, -0.2) is 23.0 Å². The van der Waals surface area contributed by atoms with Crippen LogP contribution in [0.3, 0.4) is 0 Å². The number of benzene rings is 2. The van der Waals surface area contributed by atoms with Crippen molar-refractivity contribution in [3.05, 3.63) is 92.2 Å². The fourth-order valence-corrected chi connectivity index (χ4v) is 3.46. The van der Waals surface area contributed by atoms with E-state index in [9.17, 15) is 9.59 Å². The van der Waals surface area contributed by atoms with Gasteiger partial charge in [0.2, 0.25) is 6.10 Å². The molecule has 1 aliphatic rings. The van der Waals surface area contributed by atoms with E-state index < -0.39 is 18.0 Å². The number of esters is 1. The van der Waals surface area contributed by atoms with Crippen LogP contribution < -0.4 is 10.6 Å². The van der Waals surface area contributed by atoms with Gasteiger partial charge in [-0.2, -0.15) is 0 Å². The Bertz CT molecular complexity index is 1200. The number of fused-ring (bicyclic) bond motifs is 1. The van der Waals surface area contributed by atoms with Gasteiger partial charge in [-0.25, -0.2) is 9.79 Å². The molecule has 0 fully saturated rings. The van der Waals surface area contributed by atoms with Gasteiger partial charge in [0.05, 0.1) is 5.36 Å². The number of aromatic amines is 1. The van der Waals surface area contributed by atoms with E-state index in [-0.39, 0.29) is 5.69 Å². The number of halogens is 2. The molecule has 3 aromatic rings. The highest BCUT2D eigenvalue weighted by molar-refractivity contribution is 6.31. The van der Waals surface area contributed by atoms with Crippen molar-refractivity contribution in [2.45, 2.75) is 18.9 Å². The van der Waals surface area contributed by atoms with Gasteiger partial charge in [0.25, 0.3) is 5.91 Å². The number of H-pyrrole nitrogens is 1. The zero-order valence-electron chi connectivity index (χ0n) is 15.2. The third-order valence-electron chi connectivity index (χ3n) is 4.63. The minimum absolute atomic E-state index is 0.280. The van der Waals surface area contributed by atoms with Gasteiger partial charge >= 0.3 is 5.97 Å². The third kappa shape index (κ3) is 4.42. The zero-order valence-corrected chi connectivity index (χ0v) is 16.7. The molecule has 1 N–H and O–H groups in total. The molecular formula is C22H16Cl2N2O3. The van der Waals surface area contributed by atoms with E-state index in [0.29, 0.717) is 20.6 Å². The molecule has 1 aliphatic heterocycles. The van der Waals surface area contributed by atoms with Crippen LogP contribution in [0.1, 0.15) is 21.6 Å². The molecule has 2 aromatic carbocycles. The van der Waals surface area contributed by atoms with Crippen molar-refractivity contribution in [2.24, 2.45) is 4.99 Å². The first-order chi connectivity index (χ1) is 14.0. The number of aryl methyl sites for hydroxylation is 2. The van der Waals surface area contributed by atoms with E-state index in [1.54, 1.807) is 30.5 Å². The summed E-state index contributed by atoms with van der Waals surface area (Å²) in [6, 6.07) is 14.5. The van der Waals surface area contributed by atoms with Gasteiger partial charge in [-0.3, -0.25) is 4.79 Å². The Morgan fingerprint density at radius 2 is 1.83 bits per heavy atom. The van der Waals surface area contributed by atoms with Gasteiger partial charge in [0.15, 0.2) is 0 Å². The molecular weight excluding hydrogens is 411 g/mol. The number of amides is 1. The average Bonchev–Trinajstić information content (AvgIpc) is 3.18. The number of aromatic nitrogens is 1. The van der Waals surface area contributed by atoms with Crippen molar-refractivity contribution in [2.75, 3.05) is 0 Å². The Hall–Kier alpha value is -2.89. The molecule has 0 saturated carbocycles. The molecule has 5 nitrogen and oxygen atoms in total. The average molecular weight is 427 g/mol. The van der Waals surface area contributed by atoms with Gasteiger partial charge in [-0.1, -0.05) is 41.4 Å². The Kier molecular flexibility index (Phi) is 5.51. The lowest BCUT2D eigenvalue weighted by Crippen LogP contribution is -2.38. The van der Waals surface area contributed by atoms with Crippen molar-refractivity contribution in [3.63, 3.8) is 0 Å². The maximum atomic E-state index is 12.5. The van der Waals surface area contributed by atoms with Crippen LogP contribution in [0.25, 0.3) is 6.08 Å². The lowest BCUT2D eigenvalue weighted by atomic mass is 10.1. The topological polar surface area (TPSA) is 71.5 Å². The standard InChI is InChI=1S/C22H16Cl2N2O3/c23-15-8-6-13(7-9-15)4-5-14-10-19(25-12-14)22(28)29-20-11-16-17(24)2-1-3-18(16)26-21(20)27/h1-3,6-12,20,25H,4-5H2. The highest BCUT2D eigenvalue weighted by Crippen LogP contribution is 2.14. The molecule has 0 aliphatic carbocycles. The van der Waals surface area contributed by atoms with Gasteiger partial charge in [0.1, 0.15) is 5.69 Å². The summed E-state index contributed by atoms with van der Waals surface area (Å²) in [6.45, 7) is 0. The van der Waals surface area contributed by atoms with E-state index in [0.717, 1.165) is 24.0 Å². The van der Waals surface area contributed by atoms with Crippen molar-refractivity contribution in [1.29, 1.82) is 0 Å². The molecule has 0 saturated heterocycles. The molecule has 1 aromatic heterocycles. The van der Waals surface area contributed by atoms with Crippen LogP contribution in [0.15, 0.2) is 59.7 Å². The predicted molar refractivity (Wildman–Crippen MR) is 111 cm³/mol. The molecule has 29 heavy (non-hydrogen) atoms. The Labute approximate surface area is 176 Å². The molecule has 146 valence electrons. The van der Waals surface area contributed by atoms with Gasteiger partial charge in [-0.05, 0) is 60.4 Å². The summed E-state index contributed by atoms with van der Waals surface area (Å²) in [5, 5.41) is 2.20. The van der Waals surface area contributed by atoms with Crippen molar-refractivity contribution < 1.29 is 14.3 Å². The van der Waals surface area contributed by atoms with Crippen molar-refractivity contribution in [3.8, 4) is 0 Å². The number of rotatable bonds is 5. The normalized spacial score (nSPS) is 15.2. The number of nitrogens with zero attached hydrogens (tertiary/aromatic N) is 1. The second-order valence-electron chi connectivity index (χ2n) is 6.66. The van der Waals surface area contributed by atoms with Crippen LogP contribution in [0.2, 0.25) is 10.0 Å². The molecule has 4 rings (SSSR count). The summed E-state index contributed by atoms with van der Waals surface area (Å²) in [7, 11) is 0. The van der Waals surface area contributed by atoms with E-state index >= 15 is 0 Å². The lowest BCUT2D eigenvalue weighted by molar-refractivity contribution is -0.124.